The molecule has 2 atom stereocenters. The molecular formula is C14H32N2. The highest BCUT2D eigenvalue weighted by atomic mass is 15.1. The second-order valence-electron chi connectivity index (χ2n) is 6.39. The second-order valence-corrected chi connectivity index (χ2v) is 6.39. The van der Waals surface area contributed by atoms with Crippen LogP contribution in [-0.2, 0) is 0 Å². The van der Waals surface area contributed by atoms with E-state index in [1.807, 2.05) is 7.05 Å². The molecule has 0 spiro atoms. The topological polar surface area (TPSA) is 15.3 Å². The van der Waals surface area contributed by atoms with Crippen molar-refractivity contribution >= 4 is 0 Å². The van der Waals surface area contributed by atoms with Crippen LogP contribution >= 0.6 is 0 Å². The standard InChI is InChI=1S/C14H32N2/c1-11(2)9-12(3)16(8)10-14(5,6)13(4)15-7/h11-13,15H,9-10H2,1-8H3. The summed E-state index contributed by atoms with van der Waals surface area (Å²) in [5, 5.41) is 3.36. The first-order chi connectivity index (χ1) is 7.20. The molecule has 0 heterocycles. The van der Waals surface area contributed by atoms with Gasteiger partial charge < -0.3 is 10.2 Å². The third kappa shape index (κ3) is 5.31. The van der Waals surface area contributed by atoms with E-state index in [0.717, 1.165) is 12.5 Å². The van der Waals surface area contributed by atoms with Crippen LogP contribution in [0.2, 0.25) is 0 Å². The lowest BCUT2D eigenvalue weighted by Gasteiger charge is -2.38. The highest BCUT2D eigenvalue weighted by Gasteiger charge is 2.27. The summed E-state index contributed by atoms with van der Waals surface area (Å²) in [6.45, 7) is 15.0. The molecule has 0 fully saturated rings. The smallest absolute Gasteiger partial charge is 0.00991 e. The van der Waals surface area contributed by atoms with E-state index in [2.05, 4.69) is 58.8 Å². The molecule has 0 saturated heterocycles. The van der Waals surface area contributed by atoms with Gasteiger partial charge in [0.2, 0.25) is 0 Å². The highest BCUT2D eigenvalue weighted by molar-refractivity contribution is 4.83. The molecule has 2 nitrogen and oxygen atoms in total. The lowest BCUT2D eigenvalue weighted by molar-refractivity contribution is 0.129. The van der Waals surface area contributed by atoms with Gasteiger partial charge in [0, 0.05) is 18.6 Å². The number of nitrogens with zero attached hydrogens (tertiary/aromatic N) is 1. The fraction of sp³-hybridized carbons (Fsp3) is 1.00. The van der Waals surface area contributed by atoms with Crippen LogP contribution in [-0.4, -0.2) is 37.6 Å². The fourth-order valence-electron chi connectivity index (χ4n) is 2.19. The molecule has 0 rings (SSSR count). The Morgan fingerprint density at radius 1 is 1.12 bits per heavy atom. The molecule has 0 aromatic carbocycles. The molecule has 0 amide bonds. The zero-order valence-corrected chi connectivity index (χ0v) is 12.6. The molecule has 0 aliphatic carbocycles. The summed E-state index contributed by atoms with van der Waals surface area (Å²) in [6, 6.07) is 1.21. The van der Waals surface area contributed by atoms with Gasteiger partial charge in [0.25, 0.3) is 0 Å². The van der Waals surface area contributed by atoms with E-state index in [9.17, 15) is 0 Å². The minimum atomic E-state index is 0.314. The van der Waals surface area contributed by atoms with Gasteiger partial charge in [-0.15, -0.1) is 0 Å². The largest absolute Gasteiger partial charge is 0.317 e. The van der Waals surface area contributed by atoms with Crippen molar-refractivity contribution in [2.24, 2.45) is 11.3 Å². The first-order valence-electron chi connectivity index (χ1n) is 6.58. The van der Waals surface area contributed by atoms with Gasteiger partial charge in [-0.25, -0.2) is 0 Å². The Balaban J connectivity index is 4.26. The van der Waals surface area contributed by atoms with Crippen molar-refractivity contribution in [3.63, 3.8) is 0 Å². The molecule has 0 radical (unpaired) electrons. The Labute approximate surface area is 103 Å². The average molecular weight is 228 g/mol. The normalized spacial score (nSPS) is 16.9. The molecule has 2 heteroatoms. The summed E-state index contributed by atoms with van der Waals surface area (Å²) in [6.07, 6.45) is 1.28. The van der Waals surface area contributed by atoms with Crippen LogP contribution in [0.1, 0.15) is 48.0 Å². The van der Waals surface area contributed by atoms with Gasteiger partial charge in [0.05, 0.1) is 0 Å². The van der Waals surface area contributed by atoms with Gasteiger partial charge in [-0.05, 0) is 45.7 Å². The molecule has 2 unspecified atom stereocenters. The van der Waals surface area contributed by atoms with Crippen LogP contribution in [0.3, 0.4) is 0 Å². The summed E-state index contributed by atoms with van der Waals surface area (Å²) in [5.41, 5.74) is 0.314. The minimum absolute atomic E-state index is 0.314. The van der Waals surface area contributed by atoms with Crippen molar-refractivity contribution in [1.29, 1.82) is 0 Å². The van der Waals surface area contributed by atoms with E-state index in [0.29, 0.717) is 17.5 Å². The van der Waals surface area contributed by atoms with Crippen LogP contribution in [0.4, 0.5) is 0 Å². The summed E-state index contributed by atoms with van der Waals surface area (Å²) in [5.74, 6) is 0.780. The fourth-order valence-corrected chi connectivity index (χ4v) is 2.19. The molecule has 0 bridgehead atoms. The lowest BCUT2D eigenvalue weighted by atomic mass is 9.84. The Morgan fingerprint density at radius 2 is 1.62 bits per heavy atom. The minimum Gasteiger partial charge on any atom is -0.317 e. The third-order valence-electron chi connectivity index (χ3n) is 3.83. The van der Waals surface area contributed by atoms with Crippen molar-refractivity contribution in [3.8, 4) is 0 Å². The number of hydrogen-bond acceptors (Lipinski definition) is 2. The Hall–Kier alpha value is -0.0800. The molecule has 0 aromatic heterocycles. The Kier molecular flexibility index (Phi) is 6.57. The van der Waals surface area contributed by atoms with Crippen LogP contribution in [0.15, 0.2) is 0 Å². The van der Waals surface area contributed by atoms with Crippen LogP contribution < -0.4 is 5.32 Å². The quantitative estimate of drug-likeness (QED) is 0.720. The summed E-state index contributed by atoms with van der Waals surface area (Å²) in [7, 11) is 4.29. The van der Waals surface area contributed by atoms with Crippen LogP contribution in [0.5, 0.6) is 0 Å². The van der Waals surface area contributed by atoms with E-state index in [4.69, 9.17) is 0 Å². The van der Waals surface area contributed by atoms with Crippen molar-refractivity contribution in [1.82, 2.24) is 10.2 Å². The maximum Gasteiger partial charge on any atom is 0.00991 e. The van der Waals surface area contributed by atoms with E-state index in [1.165, 1.54) is 6.42 Å². The maximum absolute atomic E-state index is 3.36. The van der Waals surface area contributed by atoms with Crippen molar-refractivity contribution in [2.45, 2.75) is 60.0 Å². The first kappa shape index (κ1) is 15.9. The third-order valence-corrected chi connectivity index (χ3v) is 3.83. The van der Waals surface area contributed by atoms with Gasteiger partial charge in [-0.3, -0.25) is 0 Å². The predicted octanol–water partition coefficient (Wildman–Crippen LogP) is 2.99. The van der Waals surface area contributed by atoms with Gasteiger partial charge in [-0.1, -0.05) is 27.7 Å². The summed E-state index contributed by atoms with van der Waals surface area (Å²) in [4.78, 5) is 2.49. The molecule has 1 N–H and O–H groups in total. The average Bonchev–Trinajstić information content (AvgIpc) is 2.14. The molecule has 0 saturated carbocycles. The highest BCUT2D eigenvalue weighted by Crippen LogP contribution is 2.23. The summed E-state index contributed by atoms with van der Waals surface area (Å²) >= 11 is 0. The number of hydrogen-bond donors (Lipinski definition) is 1. The van der Waals surface area contributed by atoms with E-state index < -0.39 is 0 Å². The number of rotatable bonds is 7. The molecular weight excluding hydrogens is 196 g/mol. The van der Waals surface area contributed by atoms with E-state index in [1.54, 1.807) is 0 Å². The molecule has 0 aromatic rings. The van der Waals surface area contributed by atoms with Crippen molar-refractivity contribution in [2.75, 3.05) is 20.6 Å². The molecule has 16 heavy (non-hydrogen) atoms. The summed E-state index contributed by atoms with van der Waals surface area (Å²) < 4.78 is 0. The Morgan fingerprint density at radius 3 is 2.00 bits per heavy atom. The SMILES string of the molecule is CNC(C)C(C)(C)CN(C)C(C)CC(C)C. The zero-order valence-electron chi connectivity index (χ0n) is 12.6. The van der Waals surface area contributed by atoms with Crippen LogP contribution in [0.25, 0.3) is 0 Å². The van der Waals surface area contributed by atoms with E-state index >= 15 is 0 Å². The van der Waals surface area contributed by atoms with E-state index in [-0.39, 0.29) is 0 Å². The lowest BCUT2D eigenvalue weighted by Crippen LogP contribution is -2.46. The first-order valence-corrected chi connectivity index (χ1v) is 6.58. The predicted molar refractivity (Wildman–Crippen MR) is 73.8 cm³/mol. The van der Waals surface area contributed by atoms with Gasteiger partial charge >= 0.3 is 0 Å². The number of nitrogens with one attached hydrogen (secondary N) is 1. The van der Waals surface area contributed by atoms with Crippen molar-refractivity contribution < 1.29 is 0 Å². The van der Waals surface area contributed by atoms with Gasteiger partial charge in [-0.2, -0.15) is 0 Å². The second kappa shape index (κ2) is 6.61. The molecule has 0 aliphatic heterocycles. The van der Waals surface area contributed by atoms with Gasteiger partial charge in [0.1, 0.15) is 0 Å². The van der Waals surface area contributed by atoms with Crippen molar-refractivity contribution in [3.05, 3.63) is 0 Å². The Bertz CT molecular complexity index is 187. The van der Waals surface area contributed by atoms with Gasteiger partial charge in [0.15, 0.2) is 0 Å². The molecule has 0 aliphatic rings. The zero-order chi connectivity index (χ0) is 12.9. The molecule has 98 valence electrons. The maximum atomic E-state index is 3.36. The van der Waals surface area contributed by atoms with Crippen LogP contribution in [0, 0.1) is 11.3 Å². The monoisotopic (exact) mass is 228 g/mol.